The van der Waals surface area contributed by atoms with E-state index in [-0.39, 0.29) is 18.1 Å². The van der Waals surface area contributed by atoms with E-state index in [1.54, 1.807) is 7.05 Å². The summed E-state index contributed by atoms with van der Waals surface area (Å²) in [5.41, 5.74) is 0.633. The van der Waals surface area contributed by atoms with E-state index in [4.69, 9.17) is 0 Å². The van der Waals surface area contributed by atoms with E-state index >= 15 is 0 Å². The van der Waals surface area contributed by atoms with E-state index in [1.807, 2.05) is 0 Å². The maximum absolute atomic E-state index is 13.7. The average Bonchev–Trinajstić information content (AvgIpc) is 3.21. The topological polar surface area (TPSA) is 103 Å². The molecule has 2 aromatic rings. The molecular formula is C21H27FN4O3S. The molecule has 0 radical (unpaired) electrons. The number of anilines is 2. The van der Waals surface area contributed by atoms with Gasteiger partial charge in [-0.3, -0.25) is 9.59 Å². The largest absolute Gasteiger partial charge is 0.391 e. The van der Waals surface area contributed by atoms with Crippen LogP contribution in [0.4, 0.5) is 15.2 Å². The summed E-state index contributed by atoms with van der Waals surface area (Å²) in [5.74, 6) is -1.05. The Balaban J connectivity index is 1.76. The van der Waals surface area contributed by atoms with Crippen LogP contribution in [0.3, 0.4) is 0 Å². The van der Waals surface area contributed by atoms with Gasteiger partial charge in [0.05, 0.1) is 17.0 Å². The molecule has 1 unspecified atom stereocenters. The Bertz CT molecular complexity index is 883. The summed E-state index contributed by atoms with van der Waals surface area (Å²) >= 11 is 1.18. The van der Waals surface area contributed by atoms with Gasteiger partial charge in [-0.05, 0) is 30.5 Å². The molecule has 1 aromatic heterocycles. The van der Waals surface area contributed by atoms with Gasteiger partial charge in [-0.2, -0.15) is 0 Å². The minimum Gasteiger partial charge on any atom is -0.391 e. The molecular weight excluding hydrogens is 407 g/mol. The number of carbonyl (C=O) groups excluding carboxylic acids is 2. The molecule has 0 bridgehead atoms. The molecule has 1 aliphatic carbocycles. The van der Waals surface area contributed by atoms with Crippen LogP contribution in [-0.2, 0) is 11.4 Å². The summed E-state index contributed by atoms with van der Waals surface area (Å²) in [6.07, 6.45) is 7.49. The van der Waals surface area contributed by atoms with Gasteiger partial charge in [0.25, 0.3) is 5.91 Å². The van der Waals surface area contributed by atoms with Crippen LogP contribution in [0.25, 0.3) is 0 Å². The normalized spacial score (nSPS) is 15.4. The van der Waals surface area contributed by atoms with Crippen LogP contribution in [0.15, 0.2) is 24.4 Å². The van der Waals surface area contributed by atoms with Crippen molar-refractivity contribution in [2.45, 2.75) is 51.2 Å². The number of nitrogens with one attached hydrogen (secondary N) is 3. The highest BCUT2D eigenvalue weighted by atomic mass is 32.1. The molecule has 1 aromatic carbocycles. The van der Waals surface area contributed by atoms with E-state index in [1.165, 1.54) is 36.1 Å². The lowest BCUT2D eigenvalue weighted by Crippen LogP contribution is -2.45. The maximum Gasteiger partial charge on any atom is 0.254 e. The number of carbonyl (C=O) groups is 2. The van der Waals surface area contributed by atoms with Crippen LogP contribution in [0, 0.1) is 11.7 Å². The Labute approximate surface area is 179 Å². The van der Waals surface area contributed by atoms with Gasteiger partial charge in [-0.25, -0.2) is 9.37 Å². The standard InChI is InChI=1S/C21H27FN4O3S/c1-23-17-8-7-14(22)10-16(17)19(28)25-18(9-13-5-3-2-4-6-13)20(29)26-21-24-11-15(12-27)30-21/h7-8,10-11,13,18,23,27H,2-6,9,12H2,1H3,(H,25,28)(H,24,26,29). The van der Waals surface area contributed by atoms with Crippen LogP contribution in [0.1, 0.15) is 53.8 Å². The molecule has 1 atom stereocenters. The molecule has 1 heterocycles. The molecule has 0 saturated heterocycles. The van der Waals surface area contributed by atoms with Crippen LogP contribution in [0.5, 0.6) is 0 Å². The van der Waals surface area contributed by atoms with Gasteiger partial charge in [-0.15, -0.1) is 0 Å². The number of rotatable bonds is 8. The molecule has 1 aliphatic rings. The van der Waals surface area contributed by atoms with E-state index in [9.17, 15) is 19.1 Å². The quantitative estimate of drug-likeness (QED) is 0.509. The first-order valence-corrected chi connectivity index (χ1v) is 11.0. The second kappa shape index (κ2) is 10.5. The number of amides is 2. The lowest BCUT2D eigenvalue weighted by atomic mass is 9.84. The van der Waals surface area contributed by atoms with Gasteiger partial charge in [0.2, 0.25) is 5.91 Å². The minimum atomic E-state index is -0.768. The van der Waals surface area contributed by atoms with Crippen LogP contribution in [-0.4, -0.2) is 35.0 Å². The second-order valence-corrected chi connectivity index (χ2v) is 8.60. The molecule has 0 aliphatic heterocycles. The van der Waals surface area contributed by atoms with Crippen LogP contribution >= 0.6 is 11.3 Å². The fourth-order valence-corrected chi connectivity index (χ4v) is 4.45. The number of hydrogen-bond acceptors (Lipinski definition) is 6. The zero-order chi connectivity index (χ0) is 21.5. The third-order valence-electron chi connectivity index (χ3n) is 5.35. The Morgan fingerprint density at radius 2 is 2.07 bits per heavy atom. The van der Waals surface area contributed by atoms with Crippen molar-refractivity contribution >= 4 is 34.0 Å². The third-order valence-corrected chi connectivity index (χ3v) is 6.25. The number of nitrogens with zero attached hydrogens (tertiary/aromatic N) is 1. The first-order chi connectivity index (χ1) is 14.5. The number of aliphatic hydroxyl groups is 1. The predicted octanol–water partition coefficient (Wildman–Crippen LogP) is 3.52. The van der Waals surface area contributed by atoms with Crippen molar-refractivity contribution in [3.05, 3.63) is 40.7 Å². The number of aliphatic hydroxyl groups excluding tert-OH is 1. The van der Waals surface area contributed by atoms with Gasteiger partial charge < -0.3 is 21.1 Å². The number of benzene rings is 1. The molecule has 30 heavy (non-hydrogen) atoms. The van der Waals surface area contributed by atoms with Crippen molar-refractivity contribution in [2.75, 3.05) is 17.7 Å². The molecule has 1 fully saturated rings. The highest BCUT2D eigenvalue weighted by Gasteiger charge is 2.27. The Kier molecular flexibility index (Phi) is 7.75. The van der Waals surface area contributed by atoms with Crippen molar-refractivity contribution in [2.24, 2.45) is 5.92 Å². The highest BCUT2D eigenvalue weighted by Crippen LogP contribution is 2.28. The first kappa shape index (κ1) is 22.2. The van der Waals surface area contributed by atoms with E-state index in [2.05, 4.69) is 20.9 Å². The number of halogens is 1. The fraction of sp³-hybridized carbons (Fsp3) is 0.476. The highest BCUT2D eigenvalue weighted by molar-refractivity contribution is 7.15. The molecule has 162 valence electrons. The Morgan fingerprint density at radius 1 is 1.30 bits per heavy atom. The third kappa shape index (κ3) is 5.76. The molecule has 4 N–H and O–H groups in total. The Morgan fingerprint density at radius 3 is 2.73 bits per heavy atom. The van der Waals surface area contributed by atoms with Crippen LogP contribution < -0.4 is 16.0 Å². The van der Waals surface area contributed by atoms with E-state index in [0.29, 0.717) is 28.0 Å². The van der Waals surface area contributed by atoms with Crippen molar-refractivity contribution in [1.82, 2.24) is 10.3 Å². The monoisotopic (exact) mass is 434 g/mol. The summed E-state index contributed by atoms with van der Waals surface area (Å²) in [6, 6.07) is 3.16. The number of hydrogen-bond donors (Lipinski definition) is 4. The summed E-state index contributed by atoms with van der Waals surface area (Å²) in [6.45, 7) is -0.151. The molecule has 9 heteroatoms. The van der Waals surface area contributed by atoms with Gasteiger partial charge >= 0.3 is 0 Å². The summed E-state index contributed by atoms with van der Waals surface area (Å²) in [7, 11) is 1.65. The SMILES string of the molecule is CNc1ccc(F)cc1C(=O)NC(CC1CCCCC1)C(=O)Nc1ncc(CO)s1. The van der Waals surface area contributed by atoms with Crippen molar-refractivity contribution < 1.29 is 19.1 Å². The van der Waals surface area contributed by atoms with Crippen molar-refractivity contribution in [3.8, 4) is 0 Å². The van der Waals surface area contributed by atoms with Gasteiger partial charge in [0.1, 0.15) is 11.9 Å². The lowest BCUT2D eigenvalue weighted by molar-refractivity contribution is -0.118. The smallest absolute Gasteiger partial charge is 0.254 e. The molecule has 3 rings (SSSR count). The Hall–Kier alpha value is -2.52. The molecule has 2 amide bonds. The predicted molar refractivity (Wildman–Crippen MR) is 115 cm³/mol. The summed E-state index contributed by atoms with van der Waals surface area (Å²) < 4.78 is 13.7. The lowest BCUT2D eigenvalue weighted by Gasteiger charge is -2.26. The summed E-state index contributed by atoms with van der Waals surface area (Å²) in [4.78, 5) is 30.6. The van der Waals surface area contributed by atoms with Gasteiger partial charge in [-0.1, -0.05) is 43.4 Å². The van der Waals surface area contributed by atoms with Crippen LogP contribution in [0.2, 0.25) is 0 Å². The molecule has 1 saturated carbocycles. The fourth-order valence-electron chi connectivity index (χ4n) is 3.78. The van der Waals surface area contributed by atoms with Gasteiger partial charge in [0, 0.05) is 18.9 Å². The molecule has 7 nitrogen and oxygen atoms in total. The van der Waals surface area contributed by atoms with Crippen molar-refractivity contribution in [3.63, 3.8) is 0 Å². The maximum atomic E-state index is 13.7. The first-order valence-electron chi connectivity index (χ1n) is 10.1. The minimum absolute atomic E-state index is 0.149. The van der Waals surface area contributed by atoms with E-state index in [0.717, 1.165) is 31.7 Å². The zero-order valence-electron chi connectivity index (χ0n) is 16.9. The van der Waals surface area contributed by atoms with E-state index < -0.39 is 17.8 Å². The summed E-state index contributed by atoms with van der Waals surface area (Å²) in [5, 5.41) is 18.0. The average molecular weight is 435 g/mol. The number of thiazole rings is 1. The van der Waals surface area contributed by atoms with Crippen molar-refractivity contribution in [1.29, 1.82) is 0 Å². The zero-order valence-corrected chi connectivity index (χ0v) is 17.7. The second-order valence-electron chi connectivity index (χ2n) is 7.48. The molecule has 0 spiro atoms. The van der Waals surface area contributed by atoms with Gasteiger partial charge in [0.15, 0.2) is 5.13 Å². The number of aromatic nitrogens is 1.